The minimum Gasteiger partial charge on any atom is -0.338 e. The van der Waals surface area contributed by atoms with Crippen LogP contribution in [0.5, 0.6) is 0 Å². The minimum atomic E-state index is -0.407. The zero-order valence-corrected chi connectivity index (χ0v) is 14.6. The molecule has 0 unspecified atom stereocenters. The molecule has 2 amide bonds. The Bertz CT molecular complexity index is 595. The summed E-state index contributed by atoms with van der Waals surface area (Å²) >= 11 is 0. The molecule has 2 fully saturated rings. The van der Waals surface area contributed by atoms with E-state index in [9.17, 15) is 9.59 Å². The first kappa shape index (κ1) is 16.9. The molecular formula is C18H26N4O2. The van der Waals surface area contributed by atoms with Gasteiger partial charge in [0.05, 0.1) is 5.54 Å². The lowest BCUT2D eigenvalue weighted by Crippen LogP contribution is -2.62. The van der Waals surface area contributed by atoms with Crippen molar-refractivity contribution in [1.82, 2.24) is 9.80 Å². The van der Waals surface area contributed by atoms with Crippen LogP contribution < -0.4 is 0 Å². The molecule has 0 spiro atoms. The van der Waals surface area contributed by atoms with Crippen molar-refractivity contribution in [3.63, 3.8) is 0 Å². The van der Waals surface area contributed by atoms with Crippen molar-refractivity contribution in [2.24, 2.45) is 16.1 Å². The SMILES string of the molecule is C#CCCC1(CCC(=O)N2CCN(C(=O)C3CC3)CC2(C)C)N=N1. The molecule has 6 heteroatoms. The van der Waals surface area contributed by atoms with E-state index in [4.69, 9.17) is 6.42 Å². The van der Waals surface area contributed by atoms with Crippen molar-refractivity contribution in [3.8, 4) is 12.3 Å². The molecule has 0 bridgehead atoms. The molecule has 0 aromatic heterocycles. The highest BCUT2D eigenvalue weighted by Gasteiger charge is 2.43. The number of piperazine rings is 1. The predicted molar refractivity (Wildman–Crippen MR) is 90.0 cm³/mol. The third-order valence-corrected chi connectivity index (χ3v) is 5.23. The van der Waals surface area contributed by atoms with E-state index in [1.807, 2.05) is 23.6 Å². The number of terminal acetylenes is 1. The normalized spacial score (nSPS) is 23.7. The third-order valence-electron chi connectivity index (χ3n) is 5.23. The van der Waals surface area contributed by atoms with Crippen LogP contribution in [0.15, 0.2) is 10.2 Å². The minimum absolute atomic E-state index is 0.121. The van der Waals surface area contributed by atoms with E-state index in [1.165, 1.54) is 0 Å². The lowest BCUT2D eigenvalue weighted by atomic mass is 9.96. The van der Waals surface area contributed by atoms with Gasteiger partial charge in [-0.3, -0.25) is 9.59 Å². The molecule has 0 aromatic carbocycles. The van der Waals surface area contributed by atoms with Gasteiger partial charge in [-0.05, 0) is 26.7 Å². The van der Waals surface area contributed by atoms with Gasteiger partial charge in [0.1, 0.15) is 0 Å². The van der Waals surface area contributed by atoms with Gasteiger partial charge in [-0.25, -0.2) is 0 Å². The first-order valence-electron chi connectivity index (χ1n) is 8.84. The average Bonchev–Trinajstić information content (AvgIpc) is 3.44. The molecule has 2 heterocycles. The third kappa shape index (κ3) is 3.61. The fourth-order valence-corrected chi connectivity index (χ4v) is 3.50. The lowest BCUT2D eigenvalue weighted by molar-refractivity contribution is -0.148. The Morgan fingerprint density at radius 3 is 2.46 bits per heavy atom. The van der Waals surface area contributed by atoms with Gasteiger partial charge in [0.15, 0.2) is 5.66 Å². The number of rotatable bonds is 6. The van der Waals surface area contributed by atoms with Crippen LogP contribution in [0, 0.1) is 18.3 Å². The van der Waals surface area contributed by atoms with Crippen molar-refractivity contribution in [2.45, 2.75) is 63.6 Å². The summed E-state index contributed by atoms with van der Waals surface area (Å²) in [5.41, 5.74) is -0.736. The topological polar surface area (TPSA) is 65.3 Å². The standard InChI is InChI=1S/C18H26N4O2/c1-4-5-9-18(19-20-18)10-8-15(23)22-12-11-21(13-17(22,2)3)16(24)14-6-7-14/h1,14H,5-13H2,2-3H3. The highest BCUT2D eigenvalue weighted by Crippen LogP contribution is 2.38. The van der Waals surface area contributed by atoms with Crippen LogP contribution in [0.4, 0.5) is 0 Å². The first-order chi connectivity index (χ1) is 11.4. The lowest BCUT2D eigenvalue weighted by Gasteiger charge is -2.47. The molecule has 0 radical (unpaired) electrons. The number of carbonyl (C=O) groups is 2. The Hall–Kier alpha value is -1.90. The summed E-state index contributed by atoms with van der Waals surface area (Å²) in [7, 11) is 0. The molecule has 6 nitrogen and oxygen atoms in total. The predicted octanol–water partition coefficient (Wildman–Crippen LogP) is 2.20. The highest BCUT2D eigenvalue weighted by molar-refractivity contribution is 5.82. The zero-order valence-electron chi connectivity index (χ0n) is 14.6. The molecule has 3 aliphatic rings. The molecule has 130 valence electrons. The average molecular weight is 330 g/mol. The van der Waals surface area contributed by atoms with Crippen LogP contribution in [0.25, 0.3) is 0 Å². The Balaban J connectivity index is 1.52. The molecule has 24 heavy (non-hydrogen) atoms. The van der Waals surface area contributed by atoms with Crippen molar-refractivity contribution < 1.29 is 9.59 Å². The van der Waals surface area contributed by atoms with Crippen molar-refractivity contribution in [1.29, 1.82) is 0 Å². The zero-order chi connectivity index (χ0) is 17.4. The van der Waals surface area contributed by atoms with Crippen LogP contribution in [0.3, 0.4) is 0 Å². The van der Waals surface area contributed by atoms with E-state index in [0.717, 1.165) is 19.3 Å². The second-order valence-electron chi connectivity index (χ2n) is 7.78. The molecule has 0 N–H and O–H groups in total. The number of hydrogen-bond donors (Lipinski definition) is 0. The highest BCUT2D eigenvalue weighted by atomic mass is 16.2. The fraction of sp³-hybridized carbons (Fsp3) is 0.778. The summed E-state index contributed by atoms with van der Waals surface area (Å²) in [5, 5.41) is 8.18. The van der Waals surface area contributed by atoms with Gasteiger partial charge in [-0.1, -0.05) is 0 Å². The molecule has 0 aromatic rings. The molecule has 1 aliphatic carbocycles. The van der Waals surface area contributed by atoms with Crippen molar-refractivity contribution in [2.75, 3.05) is 19.6 Å². The van der Waals surface area contributed by atoms with Gasteiger partial charge in [-0.2, -0.15) is 10.2 Å². The van der Waals surface area contributed by atoms with Crippen LogP contribution >= 0.6 is 0 Å². The second-order valence-corrected chi connectivity index (χ2v) is 7.78. The van der Waals surface area contributed by atoms with E-state index in [-0.39, 0.29) is 23.3 Å². The van der Waals surface area contributed by atoms with Gasteiger partial charge in [-0.15, -0.1) is 12.3 Å². The van der Waals surface area contributed by atoms with Gasteiger partial charge in [0.25, 0.3) is 0 Å². The van der Waals surface area contributed by atoms with Crippen molar-refractivity contribution in [3.05, 3.63) is 0 Å². The van der Waals surface area contributed by atoms with Gasteiger partial charge >= 0.3 is 0 Å². The largest absolute Gasteiger partial charge is 0.338 e. The summed E-state index contributed by atoms with van der Waals surface area (Å²) in [6.07, 6.45) is 9.75. The molecule has 1 saturated carbocycles. The fourth-order valence-electron chi connectivity index (χ4n) is 3.50. The molecule has 2 aliphatic heterocycles. The number of carbonyl (C=O) groups excluding carboxylic acids is 2. The summed E-state index contributed by atoms with van der Waals surface area (Å²) in [5.74, 6) is 3.22. The van der Waals surface area contributed by atoms with E-state index in [0.29, 0.717) is 38.9 Å². The maximum Gasteiger partial charge on any atom is 0.225 e. The van der Waals surface area contributed by atoms with Gasteiger partial charge < -0.3 is 9.80 Å². The smallest absolute Gasteiger partial charge is 0.225 e. The molecule has 0 atom stereocenters. The second kappa shape index (κ2) is 6.19. The van der Waals surface area contributed by atoms with E-state index >= 15 is 0 Å². The molecule has 1 saturated heterocycles. The number of hydrogen-bond acceptors (Lipinski definition) is 4. The summed E-state index contributed by atoms with van der Waals surface area (Å²) in [4.78, 5) is 28.8. The van der Waals surface area contributed by atoms with E-state index < -0.39 is 5.66 Å². The molecule has 3 rings (SSSR count). The quantitative estimate of drug-likeness (QED) is 0.701. The van der Waals surface area contributed by atoms with E-state index in [2.05, 4.69) is 16.1 Å². The Labute approximate surface area is 143 Å². The summed E-state index contributed by atoms with van der Waals surface area (Å²) in [6.45, 7) is 5.94. The van der Waals surface area contributed by atoms with E-state index in [1.54, 1.807) is 0 Å². The molecular weight excluding hydrogens is 304 g/mol. The maximum absolute atomic E-state index is 12.7. The van der Waals surface area contributed by atoms with Gasteiger partial charge in [0.2, 0.25) is 11.8 Å². The van der Waals surface area contributed by atoms with Crippen LogP contribution in [-0.2, 0) is 9.59 Å². The van der Waals surface area contributed by atoms with Crippen molar-refractivity contribution >= 4 is 11.8 Å². The van der Waals surface area contributed by atoms with Crippen LogP contribution in [0.1, 0.15) is 52.4 Å². The summed E-state index contributed by atoms with van der Waals surface area (Å²) in [6, 6.07) is 0. The number of nitrogens with zero attached hydrogens (tertiary/aromatic N) is 4. The Morgan fingerprint density at radius 2 is 1.92 bits per heavy atom. The summed E-state index contributed by atoms with van der Waals surface area (Å²) < 4.78 is 0. The Morgan fingerprint density at radius 1 is 1.21 bits per heavy atom. The number of amides is 2. The maximum atomic E-state index is 12.7. The van der Waals surface area contributed by atoms with Crippen LogP contribution in [-0.4, -0.2) is 52.5 Å². The first-order valence-corrected chi connectivity index (χ1v) is 8.84. The Kier molecular flexibility index (Phi) is 4.37. The van der Waals surface area contributed by atoms with Crippen LogP contribution in [0.2, 0.25) is 0 Å². The van der Waals surface area contributed by atoms with Gasteiger partial charge in [0, 0.05) is 51.2 Å². The monoisotopic (exact) mass is 330 g/mol.